The Kier molecular flexibility index (Phi) is 3.23. The minimum atomic E-state index is -0.298. The third kappa shape index (κ3) is 1.99. The zero-order valence-corrected chi connectivity index (χ0v) is 14.8. The molecule has 1 heterocycles. The first kappa shape index (κ1) is 16.1. The molecule has 4 fully saturated rings. The predicted octanol–water partition coefficient (Wildman–Crippen LogP) is 3.30. The molecule has 0 aromatic rings. The van der Waals surface area contributed by atoms with Crippen molar-refractivity contribution < 1.29 is 14.9 Å². The Hall–Kier alpha value is -0.380. The second-order valence-corrected chi connectivity index (χ2v) is 9.86. The number of aliphatic hydroxyl groups excluding tert-OH is 2. The highest BCUT2D eigenvalue weighted by atomic mass is 16.6. The molecular formula is C20H32O3. The van der Waals surface area contributed by atoms with Crippen LogP contribution < -0.4 is 0 Å². The molecule has 0 aromatic carbocycles. The van der Waals surface area contributed by atoms with Crippen LogP contribution in [0, 0.1) is 28.1 Å². The number of aliphatic hydroxyl groups is 2. The van der Waals surface area contributed by atoms with Crippen LogP contribution in [-0.2, 0) is 4.74 Å². The number of allylic oxidation sites excluding steroid dienone is 1. The van der Waals surface area contributed by atoms with Crippen molar-refractivity contribution in [2.45, 2.75) is 77.1 Å². The maximum Gasteiger partial charge on any atom is 0.0989 e. The van der Waals surface area contributed by atoms with Crippen LogP contribution in [0.25, 0.3) is 0 Å². The fourth-order valence-corrected chi connectivity index (χ4v) is 7.09. The molecule has 3 aliphatic carbocycles. The van der Waals surface area contributed by atoms with Gasteiger partial charge in [0.25, 0.3) is 0 Å². The number of fused-ring (bicyclic) bond motifs is 2. The van der Waals surface area contributed by atoms with E-state index in [-0.39, 0.29) is 34.6 Å². The van der Waals surface area contributed by atoms with Gasteiger partial charge in [-0.15, -0.1) is 6.58 Å². The minimum absolute atomic E-state index is 0.0138. The number of hydrogen-bond donors (Lipinski definition) is 2. The molecule has 3 saturated carbocycles. The molecule has 1 saturated heterocycles. The van der Waals surface area contributed by atoms with Crippen molar-refractivity contribution in [3.63, 3.8) is 0 Å². The van der Waals surface area contributed by atoms with Crippen LogP contribution in [0.1, 0.15) is 59.3 Å². The molecule has 0 bridgehead atoms. The SMILES string of the molecule is C=C[C@@]1(C)CC[C@@H]2[C@]3(C)C[C@@H](O)C[C@@](C)(CO)[C@H]3C[C@H]3O[C@@]23C1. The largest absolute Gasteiger partial charge is 0.396 e. The Bertz CT molecular complexity index is 533. The second-order valence-electron chi connectivity index (χ2n) is 9.86. The Morgan fingerprint density at radius 1 is 1.22 bits per heavy atom. The van der Waals surface area contributed by atoms with Gasteiger partial charge < -0.3 is 14.9 Å². The highest BCUT2D eigenvalue weighted by molar-refractivity contribution is 5.24. The molecule has 23 heavy (non-hydrogen) atoms. The maximum atomic E-state index is 10.5. The van der Waals surface area contributed by atoms with Gasteiger partial charge in [-0.3, -0.25) is 0 Å². The summed E-state index contributed by atoms with van der Waals surface area (Å²) in [5.74, 6) is 0.953. The van der Waals surface area contributed by atoms with Gasteiger partial charge >= 0.3 is 0 Å². The van der Waals surface area contributed by atoms with Gasteiger partial charge in [-0.1, -0.05) is 26.8 Å². The third-order valence-corrected chi connectivity index (χ3v) is 8.24. The molecule has 1 aliphatic heterocycles. The van der Waals surface area contributed by atoms with Gasteiger partial charge in [0.05, 0.1) is 17.8 Å². The summed E-state index contributed by atoms with van der Waals surface area (Å²) in [6.07, 6.45) is 8.20. The summed E-state index contributed by atoms with van der Waals surface area (Å²) in [4.78, 5) is 0. The second kappa shape index (κ2) is 4.62. The molecule has 4 aliphatic rings. The summed E-state index contributed by atoms with van der Waals surface area (Å²) >= 11 is 0. The van der Waals surface area contributed by atoms with Gasteiger partial charge in [-0.25, -0.2) is 0 Å². The standard InChI is InChI=1S/C20H32O3/c1-5-17(2)7-6-14-19(4)10-13(22)9-18(3,12-21)15(19)8-16-20(14,11-17)23-16/h5,13-16,21-22H,1,6-12H2,2-4H3/t13-,14+,15+,16+,17-,18-,19-,20-/m0/s1. The van der Waals surface area contributed by atoms with Gasteiger partial charge in [0.15, 0.2) is 0 Å². The first-order chi connectivity index (χ1) is 10.7. The molecule has 0 amide bonds. The van der Waals surface area contributed by atoms with Crippen LogP contribution in [0.5, 0.6) is 0 Å². The zero-order chi connectivity index (χ0) is 16.7. The number of rotatable bonds is 2. The molecule has 0 unspecified atom stereocenters. The van der Waals surface area contributed by atoms with E-state index in [1.165, 1.54) is 0 Å². The van der Waals surface area contributed by atoms with Crippen LogP contribution >= 0.6 is 0 Å². The topological polar surface area (TPSA) is 53.0 Å². The number of hydrogen-bond acceptors (Lipinski definition) is 3. The van der Waals surface area contributed by atoms with E-state index >= 15 is 0 Å². The third-order valence-electron chi connectivity index (χ3n) is 8.24. The lowest BCUT2D eigenvalue weighted by atomic mass is 9.42. The number of ether oxygens (including phenoxy) is 1. The van der Waals surface area contributed by atoms with E-state index in [2.05, 4.69) is 33.4 Å². The average Bonchev–Trinajstić information content (AvgIpc) is 3.16. The van der Waals surface area contributed by atoms with Crippen LogP contribution in [0.3, 0.4) is 0 Å². The summed E-state index contributed by atoms with van der Waals surface area (Å²) < 4.78 is 6.39. The lowest BCUT2D eigenvalue weighted by Gasteiger charge is -2.61. The van der Waals surface area contributed by atoms with Crippen molar-refractivity contribution in [3.8, 4) is 0 Å². The van der Waals surface area contributed by atoms with Crippen LogP contribution in [0.4, 0.5) is 0 Å². The van der Waals surface area contributed by atoms with E-state index in [9.17, 15) is 10.2 Å². The fraction of sp³-hybridized carbons (Fsp3) is 0.900. The van der Waals surface area contributed by atoms with E-state index in [0.717, 1.165) is 38.5 Å². The first-order valence-electron chi connectivity index (χ1n) is 9.32. The predicted molar refractivity (Wildman–Crippen MR) is 89.9 cm³/mol. The smallest absolute Gasteiger partial charge is 0.0989 e. The van der Waals surface area contributed by atoms with E-state index in [1.54, 1.807) is 0 Å². The molecule has 3 nitrogen and oxygen atoms in total. The molecule has 0 aromatic heterocycles. The molecular weight excluding hydrogens is 288 g/mol. The average molecular weight is 320 g/mol. The Morgan fingerprint density at radius 3 is 2.61 bits per heavy atom. The Balaban J connectivity index is 1.72. The van der Waals surface area contributed by atoms with Crippen molar-refractivity contribution >= 4 is 0 Å². The van der Waals surface area contributed by atoms with Gasteiger partial charge in [0.1, 0.15) is 0 Å². The maximum absolute atomic E-state index is 10.5. The van der Waals surface area contributed by atoms with Crippen molar-refractivity contribution in [1.29, 1.82) is 0 Å². The molecule has 0 radical (unpaired) electrons. The Morgan fingerprint density at radius 2 is 1.96 bits per heavy atom. The molecule has 1 spiro atoms. The lowest BCUT2D eigenvalue weighted by molar-refractivity contribution is -0.155. The summed E-state index contributed by atoms with van der Waals surface area (Å²) in [7, 11) is 0. The van der Waals surface area contributed by atoms with Crippen molar-refractivity contribution in [2.75, 3.05) is 6.61 Å². The summed E-state index contributed by atoms with van der Waals surface area (Å²) in [5, 5.41) is 20.6. The monoisotopic (exact) mass is 320 g/mol. The van der Waals surface area contributed by atoms with E-state index < -0.39 is 0 Å². The first-order valence-corrected chi connectivity index (χ1v) is 9.32. The highest BCUT2D eigenvalue weighted by Gasteiger charge is 2.75. The molecule has 2 N–H and O–H groups in total. The zero-order valence-electron chi connectivity index (χ0n) is 14.8. The number of epoxide rings is 1. The van der Waals surface area contributed by atoms with E-state index in [4.69, 9.17) is 4.74 Å². The molecule has 8 atom stereocenters. The van der Waals surface area contributed by atoms with Gasteiger partial charge in [-0.05, 0) is 66.6 Å². The normalized spacial score (nSPS) is 61.1. The lowest BCUT2D eigenvalue weighted by Crippen LogP contribution is -2.61. The van der Waals surface area contributed by atoms with E-state index in [0.29, 0.717) is 17.9 Å². The van der Waals surface area contributed by atoms with Gasteiger partial charge in [0.2, 0.25) is 0 Å². The molecule has 4 rings (SSSR count). The van der Waals surface area contributed by atoms with E-state index in [1.807, 2.05) is 0 Å². The van der Waals surface area contributed by atoms with Crippen molar-refractivity contribution in [1.82, 2.24) is 0 Å². The van der Waals surface area contributed by atoms with Crippen LogP contribution in [0.15, 0.2) is 12.7 Å². The summed E-state index contributed by atoms with van der Waals surface area (Å²) in [6.45, 7) is 11.1. The quantitative estimate of drug-likeness (QED) is 0.606. The van der Waals surface area contributed by atoms with Crippen molar-refractivity contribution in [2.24, 2.45) is 28.1 Å². The summed E-state index contributed by atoms with van der Waals surface area (Å²) in [6, 6.07) is 0. The minimum Gasteiger partial charge on any atom is -0.396 e. The van der Waals surface area contributed by atoms with Gasteiger partial charge in [-0.2, -0.15) is 0 Å². The van der Waals surface area contributed by atoms with Crippen LogP contribution in [-0.4, -0.2) is 34.6 Å². The molecule has 3 heteroatoms. The van der Waals surface area contributed by atoms with Crippen molar-refractivity contribution in [3.05, 3.63) is 12.7 Å². The summed E-state index contributed by atoms with van der Waals surface area (Å²) in [5.41, 5.74) is 0.0935. The molecule has 130 valence electrons. The van der Waals surface area contributed by atoms with Crippen LogP contribution in [0.2, 0.25) is 0 Å². The Labute approximate surface area is 140 Å². The van der Waals surface area contributed by atoms with Gasteiger partial charge in [0, 0.05) is 6.61 Å². The fourth-order valence-electron chi connectivity index (χ4n) is 7.09. The highest BCUT2D eigenvalue weighted by Crippen LogP contribution is 2.72.